The summed E-state index contributed by atoms with van der Waals surface area (Å²) in [4.78, 5) is 26.4. The molecule has 4 heteroatoms. The van der Waals surface area contributed by atoms with E-state index >= 15 is 0 Å². The van der Waals surface area contributed by atoms with E-state index in [4.69, 9.17) is 9.47 Å². The van der Waals surface area contributed by atoms with Crippen molar-refractivity contribution in [3.8, 4) is 0 Å². The zero-order valence-corrected chi connectivity index (χ0v) is 20.8. The second-order valence-corrected chi connectivity index (χ2v) is 11.7. The number of hydrogen-bond acceptors (Lipinski definition) is 4. The van der Waals surface area contributed by atoms with Crippen molar-refractivity contribution in [1.29, 1.82) is 0 Å². The van der Waals surface area contributed by atoms with Gasteiger partial charge in [0.25, 0.3) is 0 Å². The third kappa shape index (κ3) is 6.05. The van der Waals surface area contributed by atoms with Crippen LogP contribution >= 0.6 is 0 Å². The SMILES string of the molecule is CC(C)[C@H]1CC[C@H](C)C[C@@H]1OC(=O)[C@@H]1CCC[C@H]1C(=O)O[C@H]1C[C@@H](C)CC[C@@H]1C(C)C. The van der Waals surface area contributed by atoms with Crippen molar-refractivity contribution in [1.82, 2.24) is 0 Å². The van der Waals surface area contributed by atoms with Crippen LogP contribution in [0.4, 0.5) is 0 Å². The minimum atomic E-state index is -0.323. The predicted molar refractivity (Wildman–Crippen MR) is 123 cm³/mol. The van der Waals surface area contributed by atoms with Gasteiger partial charge in [-0.25, -0.2) is 0 Å². The zero-order chi connectivity index (χ0) is 22.7. The van der Waals surface area contributed by atoms with Crippen molar-refractivity contribution in [2.75, 3.05) is 0 Å². The van der Waals surface area contributed by atoms with Crippen molar-refractivity contribution in [3.05, 3.63) is 0 Å². The van der Waals surface area contributed by atoms with Crippen molar-refractivity contribution in [2.45, 2.75) is 112 Å². The third-order valence-corrected chi connectivity index (χ3v) is 8.58. The van der Waals surface area contributed by atoms with Crippen molar-refractivity contribution in [3.63, 3.8) is 0 Å². The second-order valence-electron chi connectivity index (χ2n) is 11.7. The molecule has 0 amide bonds. The molecule has 0 spiro atoms. The largest absolute Gasteiger partial charge is 0.462 e. The molecule has 0 aromatic carbocycles. The lowest BCUT2D eigenvalue weighted by Crippen LogP contribution is -2.40. The van der Waals surface area contributed by atoms with Gasteiger partial charge in [0.05, 0.1) is 11.8 Å². The van der Waals surface area contributed by atoms with Gasteiger partial charge in [-0.1, -0.05) is 60.8 Å². The summed E-state index contributed by atoms with van der Waals surface area (Å²) in [5.41, 5.74) is 0. The van der Waals surface area contributed by atoms with Crippen LogP contribution in [0.25, 0.3) is 0 Å². The Kier molecular flexibility index (Phi) is 8.49. The van der Waals surface area contributed by atoms with Gasteiger partial charge in [-0.05, 0) is 74.0 Å². The smallest absolute Gasteiger partial charge is 0.310 e. The number of ether oxygens (including phenoxy) is 2. The van der Waals surface area contributed by atoms with E-state index in [1.165, 1.54) is 12.8 Å². The monoisotopic (exact) mass is 434 g/mol. The Labute approximate surface area is 190 Å². The molecule has 178 valence electrons. The fraction of sp³-hybridized carbons (Fsp3) is 0.926. The van der Waals surface area contributed by atoms with E-state index < -0.39 is 0 Å². The van der Waals surface area contributed by atoms with Gasteiger partial charge in [0.1, 0.15) is 12.2 Å². The molecular formula is C27H46O4. The molecule has 31 heavy (non-hydrogen) atoms. The summed E-state index contributed by atoms with van der Waals surface area (Å²) in [6.45, 7) is 13.4. The first-order valence-electron chi connectivity index (χ1n) is 13.1. The van der Waals surface area contributed by atoms with Crippen LogP contribution in [-0.2, 0) is 19.1 Å². The van der Waals surface area contributed by atoms with Gasteiger partial charge in [-0.15, -0.1) is 0 Å². The van der Waals surface area contributed by atoms with E-state index in [0.29, 0.717) is 35.5 Å². The standard InChI is InChI=1S/C27H46O4/c1-16(2)20-12-10-18(5)14-24(20)30-26(28)22-8-7-9-23(22)27(29)31-25-15-19(6)11-13-21(25)17(3)4/h16-25H,7-15H2,1-6H3/t18-,19-,20+,21+,22+,23+,24-,25-/m0/s1. The Morgan fingerprint density at radius 3 is 1.39 bits per heavy atom. The van der Waals surface area contributed by atoms with Crippen molar-refractivity contribution in [2.24, 2.45) is 47.3 Å². The lowest BCUT2D eigenvalue weighted by molar-refractivity contribution is -0.172. The average Bonchev–Trinajstić information content (AvgIpc) is 3.17. The van der Waals surface area contributed by atoms with Crippen LogP contribution in [0.3, 0.4) is 0 Å². The Bertz CT molecular complexity index is 560. The van der Waals surface area contributed by atoms with Crippen molar-refractivity contribution < 1.29 is 19.1 Å². The van der Waals surface area contributed by atoms with Crippen LogP contribution in [0.1, 0.15) is 99.3 Å². The maximum Gasteiger partial charge on any atom is 0.310 e. The quantitative estimate of drug-likeness (QED) is 0.453. The van der Waals surface area contributed by atoms with E-state index in [0.717, 1.165) is 44.9 Å². The highest BCUT2D eigenvalue weighted by Gasteiger charge is 2.44. The third-order valence-electron chi connectivity index (χ3n) is 8.58. The summed E-state index contributed by atoms with van der Waals surface area (Å²) < 4.78 is 12.2. The molecule has 0 N–H and O–H groups in total. The van der Waals surface area contributed by atoms with E-state index in [9.17, 15) is 9.59 Å². The average molecular weight is 435 g/mol. The Balaban J connectivity index is 1.62. The molecule has 3 aliphatic rings. The van der Waals surface area contributed by atoms with Crippen molar-refractivity contribution >= 4 is 11.9 Å². The first-order valence-corrected chi connectivity index (χ1v) is 13.1. The van der Waals surface area contributed by atoms with Crippen LogP contribution < -0.4 is 0 Å². The molecule has 0 aromatic rings. The number of hydrogen-bond donors (Lipinski definition) is 0. The van der Waals surface area contributed by atoms with Gasteiger partial charge >= 0.3 is 11.9 Å². The second kappa shape index (κ2) is 10.7. The van der Waals surface area contributed by atoms with Gasteiger partial charge in [-0.2, -0.15) is 0 Å². The zero-order valence-electron chi connectivity index (χ0n) is 20.8. The van der Waals surface area contributed by atoms with Crippen LogP contribution in [0.5, 0.6) is 0 Å². The lowest BCUT2D eigenvalue weighted by atomic mass is 9.75. The van der Waals surface area contributed by atoms with Crippen LogP contribution in [0, 0.1) is 47.3 Å². The number of carbonyl (C=O) groups is 2. The minimum absolute atomic E-state index is 0.00182. The summed E-state index contributed by atoms with van der Waals surface area (Å²) in [7, 11) is 0. The first kappa shape index (κ1) is 24.6. The van der Waals surface area contributed by atoms with Gasteiger partial charge in [0, 0.05) is 0 Å². The Hall–Kier alpha value is -1.06. The van der Waals surface area contributed by atoms with Crippen LogP contribution in [-0.4, -0.2) is 24.1 Å². The summed E-state index contributed by atoms with van der Waals surface area (Å²) in [5.74, 6) is 2.13. The molecule has 3 saturated carbocycles. The minimum Gasteiger partial charge on any atom is -0.462 e. The summed E-state index contributed by atoms with van der Waals surface area (Å²) in [5, 5.41) is 0. The fourth-order valence-corrected chi connectivity index (χ4v) is 6.50. The van der Waals surface area contributed by atoms with E-state index in [2.05, 4.69) is 41.5 Å². The Morgan fingerprint density at radius 1 is 0.645 bits per heavy atom. The molecule has 3 rings (SSSR count). The highest BCUT2D eigenvalue weighted by molar-refractivity contribution is 5.83. The maximum absolute atomic E-state index is 13.2. The van der Waals surface area contributed by atoms with Gasteiger partial charge < -0.3 is 9.47 Å². The number of carbonyl (C=O) groups excluding carboxylic acids is 2. The maximum atomic E-state index is 13.2. The summed E-state index contributed by atoms with van der Waals surface area (Å²) in [6, 6.07) is 0. The van der Waals surface area contributed by atoms with Crippen LogP contribution in [0.2, 0.25) is 0 Å². The normalized spacial score (nSPS) is 39.0. The molecule has 3 aliphatic carbocycles. The fourth-order valence-electron chi connectivity index (χ4n) is 6.50. The molecule has 0 heterocycles. The highest BCUT2D eigenvalue weighted by atomic mass is 16.6. The van der Waals surface area contributed by atoms with E-state index in [1.807, 2.05) is 0 Å². The number of esters is 2. The summed E-state index contributed by atoms with van der Waals surface area (Å²) in [6.07, 6.45) is 8.99. The van der Waals surface area contributed by atoms with E-state index in [-0.39, 0.29) is 36.0 Å². The predicted octanol–water partition coefficient (Wildman–Crippen LogP) is 6.41. The topological polar surface area (TPSA) is 52.6 Å². The van der Waals surface area contributed by atoms with Gasteiger partial charge in [0.15, 0.2) is 0 Å². The molecule has 0 unspecified atom stereocenters. The molecular weight excluding hydrogens is 388 g/mol. The Morgan fingerprint density at radius 2 is 1.03 bits per heavy atom. The van der Waals surface area contributed by atoms with Gasteiger partial charge in [-0.3, -0.25) is 9.59 Å². The molecule has 0 bridgehead atoms. The summed E-state index contributed by atoms with van der Waals surface area (Å²) >= 11 is 0. The highest BCUT2D eigenvalue weighted by Crippen LogP contribution is 2.40. The molecule has 0 saturated heterocycles. The molecule has 0 aliphatic heterocycles. The van der Waals surface area contributed by atoms with Gasteiger partial charge in [0.2, 0.25) is 0 Å². The number of rotatable bonds is 6. The van der Waals surface area contributed by atoms with E-state index in [1.54, 1.807) is 0 Å². The van der Waals surface area contributed by atoms with Crippen LogP contribution in [0.15, 0.2) is 0 Å². The molecule has 3 fully saturated rings. The molecule has 4 nitrogen and oxygen atoms in total. The molecule has 8 atom stereocenters. The molecule has 0 aromatic heterocycles. The molecule has 0 radical (unpaired) electrons. The lowest BCUT2D eigenvalue weighted by Gasteiger charge is -2.38. The first-order chi connectivity index (χ1) is 14.7.